The van der Waals surface area contributed by atoms with E-state index in [9.17, 15) is 4.79 Å². The molecule has 9 heteroatoms. The van der Waals surface area contributed by atoms with E-state index < -0.39 is 0 Å². The van der Waals surface area contributed by atoms with Gasteiger partial charge in [0.1, 0.15) is 11.1 Å². The standard InChI is InChI=1S/C17H17N5O2S2/c1-12(15(23)24-2)26-17-21-20-14(11-25-16-18-9-6-10-19-16)22(17)13-7-4-3-5-8-13/h3-10,12H,11H2,1-2H3/t12-/m0/s1. The monoisotopic (exact) mass is 387 g/mol. The van der Waals surface area contributed by atoms with Crippen molar-refractivity contribution in [1.82, 2.24) is 24.7 Å². The molecule has 2 heterocycles. The van der Waals surface area contributed by atoms with Crippen molar-refractivity contribution in [3.63, 3.8) is 0 Å². The van der Waals surface area contributed by atoms with Crippen molar-refractivity contribution in [1.29, 1.82) is 0 Å². The highest BCUT2D eigenvalue weighted by Crippen LogP contribution is 2.28. The van der Waals surface area contributed by atoms with Crippen molar-refractivity contribution in [2.24, 2.45) is 0 Å². The summed E-state index contributed by atoms with van der Waals surface area (Å²) in [5, 5.41) is 9.51. The lowest BCUT2D eigenvalue weighted by atomic mass is 10.3. The minimum Gasteiger partial charge on any atom is -0.468 e. The van der Waals surface area contributed by atoms with Gasteiger partial charge in [0.25, 0.3) is 0 Å². The van der Waals surface area contributed by atoms with E-state index in [0.717, 1.165) is 11.5 Å². The maximum atomic E-state index is 11.8. The van der Waals surface area contributed by atoms with E-state index in [2.05, 4.69) is 20.2 Å². The summed E-state index contributed by atoms with van der Waals surface area (Å²) in [6.07, 6.45) is 3.41. The fourth-order valence-corrected chi connectivity index (χ4v) is 3.80. The van der Waals surface area contributed by atoms with Crippen LogP contribution in [0.15, 0.2) is 59.1 Å². The van der Waals surface area contributed by atoms with Gasteiger partial charge in [-0.1, -0.05) is 41.7 Å². The molecule has 134 valence electrons. The Bertz CT molecular complexity index is 858. The third-order valence-electron chi connectivity index (χ3n) is 3.40. The van der Waals surface area contributed by atoms with Crippen LogP contribution >= 0.6 is 23.5 Å². The van der Waals surface area contributed by atoms with E-state index in [1.807, 2.05) is 34.9 Å². The van der Waals surface area contributed by atoms with Gasteiger partial charge in [0.15, 0.2) is 10.3 Å². The Morgan fingerprint density at radius 2 is 1.88 bits per heavy atom. The molecule has 0 amide bonds. The van der Waals surface area contributed by atoms with E-state index in [-0.39, 0.29) is 11.2 Å². The van der Waals surface area contributed by atoms with Crippen LogP contribution in [0.5, 0.6) is 0 Å². The molecule has 0 saturated heterocycles. The summed E-state index contributed by atoms with van der Waals surface area (Å²) < 4.78 is 6.75. The van der Waals surface area contributed by atoms with Gasteiger partial charge in [-0.25, -0.2) is 9.97 Å². The van der Waals surface area contributed by atoms with Gasteiger partial charge < -0.3 is 4.74 Å². The Labute approximate surface area is 159 Å². The van der Waals surface area contributed by atoms with Crippen molar-refractivity contribution in [2.75, 3.05) is 7.11 Å². The number of aromatic nitrogens is 5. The Kier molecular flexibility index (Phi) is 6.24. The first-order valence-corrected chi connectivity index (χ1v) is 9.69. The molecule has 3 aromatic rings. The van der Waals surface area contributed by atoms with Gasteiger partial charge in [0.2, 0.25) is 0 Å². The number of rotatable bonds is 7. The molecule has 0 aliphatic rings. The number of esters is 1. The number of carbonyl (C=O) groups is 1. The van der Waals surface area contributed by atoms with Crippen LogP contribution < -0.4 is 0 Å². The SMILES string of the molecule is COC(=O)[C@H](C)Sc1nnc(CSc2ncccn2)n1-c1ccccc1. The molecule has 0 radical (unpaired) electrons. The Morgan fingerprint density at radius 3 is 2.58 bits per heavy atom. The average Bonchev–Trinajstić information content (AvgIpc) is 3.09. The lowest BCUT2D eigenvalue weighted by Gasteiger charge is -2.12. The topological polar surface area (TPSA) is 82.8 Å². The van der Waals surface area contributed by atoms with Crippen molar-refractivity contribution < 1.29 is 9.53 Å². The number of methoxy groups -OCH3 is 1. The molecule has 3 rings (SSSR count). The maximum Gasteiger partial charge on any atom is 0.318 e. The Balaban J connectivity index is 1.88. The highest BCUT2D eigenvalue weighted by atomic mass is 32.2. The Hall–Kier alpha value is -2.39. The van der Waals surface area contributed by atoms with Gasteiger partial charge in [-0.3, -0.25) is 9.36 Å². The van der Waals surface area contributed by atoms with Gasteiger partial charge in [-0.05, 0) is 25.1 Å². The number of hydrogen-bond donors (Lipinski definition) is 0. The number of para-hydroxylation sites is 1. The van der Waals surface area contributed by atoms with Gasteiger partial charge in [-0.2, -0.15) is 0 Å². The van der Waals surface area contributed by atoms with E-state index >= 15 is 0 Å². The fourth-order valence-electron chi connectivity index (χ4n) is 2.17. The van der Waals surface area contributed by atoms with Crippen LogP contribution in [-0.2, 0) is 15.3 Å². The zero-order valence-corrected chi connectivity index (χ0v) is 15.9. The quantitative estimate of drug-likeness (QED) is 0.348. The summed E-state index contributed by atoms with van der Waals surface area (Å²) in [7, 11) is 1.38. The molecule has 0 saturated carbocycles. The van der Waals surface area contributed by atoms with E-state index in [1.54, 1.807) is 25.4 Å². The predicted octanol–water partition coefficient (Wildman–Crippen LogP) is 3.00. The summed E-state index contributed by atoms with van der Waals surface area (Å²) in [5.74, 6) is 1.01. The summed E-state index contributed by atoms with van der Waals surface area (Å²) >= 11 is 2.79. The molecule has 26 heavy (non-hydrogen) atoms. The van der Waals surface area contributed by atoms with Crippen LogP contribution in [0.1, 0.15) is 12.7 Å². The highest BCUT2D eigenvalue weighted by Gasteiger charge is 2.21. The summed E-state index contributed by atoms with van der Waals surface area (Å²) in [5.41, 5.74) is 0.932. The Morgan fingerprint density at radius 1 is 1.15 bits per heavy atom. The predicted molar refractivity (Wildman–Crippen MR) is 100 cm³/mol. The van der Waals surface area contributed by atoms with Crippen LogP contribution in [0.25, 0.3) is 5.69 Å². The zero-order valence-electron chi connectivity index (χ0n) is 14.3. The lowest BCUT2D eigenvalue weighted by molar-refractivity contribution is -0.139. The lowest BCUT2D eigenvalue weighted by Crippen LogP contribution is -2.15. The molecule has 0 fully saturated rings. The third kappa shape index (κ3) is 4.41. The molecular weight excluding hydrogens is 370 g/mol. The van der Waals surface area contributed by atoms with Crippen LogP contribution in [0.4, 0.5) is 0 Å². The molecular formula is C17H17N5O2S2. The number of benzene rings is 1. The second-order valence-electron chi connectivity index (χ2n) is 5.17. The molecule has 0 unspecified atom stereocenters. The van der Waals surface area contributed by atoms with Gasteiger partial charge in [0, 0.05) is 18.1 Å². The van der Waals surface area contributed by atoms with Crippen molar-refractivity contribution in [3.8, 4) is 5.69 Å². The third-order valence-corrected chi connectivity index (χ3v) is 5.30. The summed E-state index contributed by atoms with van der Waals surface area (Å²) in [6, 6.07) is 11.6. The zero-order chi connectivity index (χ0) is 18.4. The first-order chi connectivity index (χ1) is 12.7. The van der Waals surface area contributed by atoms with E-state index in [1.165, 1.54) is 30.6 Å². The molecule has 2 aromatic heterocycles. The van der Waals surface area contributed by atoms with Crippen LogP contribution in [0, 0.1) is 0 Å². The molecule has 0 N–H and O–H groups in total. The molecule has 0 aliphatic carbocycles. The van der Waals surface area contributed by atoms with Crippen LogP contribution in [-0.4, -0.2) is 43.1 Å². The largest absolute Gasteiger partial charge is 0.468 e. The average molecular weight is 387 g/mol. The number of hydrogen-bond acceptors (Lipinski definition) is 8. The highest BCUT2D eigenvalue weighted by molar-refractivity contribution is 8.00. The second-order valence-corrected chi connectivity index (χ2v) is 7.42. The number of ether oxygens (including phenoxy) is 1. The minimum absolute atomic E-state index is 0.300. The molecule has 0 bridgehead atoms. The van der Waals surface area contributed by atoms with Gasteiger partial charge in [0.05, 0.1) is 12.9 Å². The molecule has 0 aliphatic heterocycles. The smallest absolute Gasteiger partial charge is 0.318 e. The number of nitrogens with zero attached hydrogens (tertiary/aromatic N) is 5. The van der Waals surface area contributed by atoms with Crippen LogP contribution in [0.2, 0.25) is 0 Å². The maximum absolute atomic E-state index is 11.8. The van der Waals surface area contributed by atoms with E-state index in [0.29, 0.717) is 16.1 Å². The first kappa shape index (κ1) is 18.4. The van der Waals surface area contributed by atoms with Crippen molar-refractivity contribution in [2.45, 2.75) is 28.2 Å². The molecule has 0 spiro atoms. The van der Waals surface area contributed by atoms with Gasteiger partial charge >= 0.3 is 5.97 Å². The first-order valence-electron chi connectivity index (χ1n) is 7.83. The van der Waals surface area contributed by atoms with Gasteiger partial charge in [-0.15, -0.1) is 10.2 Å². The molecule has 1 aromatic carbocycles. The van der Waals surface area contributed by atoms with Crippen molar-refractivity contribution >= 4 is 29.5 Å². The number of thioether (sulfide) groups is 2. The molecule has 1 atom stereocenters. The van der Waals surface area contributed by atoms with E-state index in [4.69, 9.17) is 4.74 Å². The summed E-state index contributed by atoms with van der Waals surface area (Å²) in [6.45, 7) is 1.78. The second kappa shape index (κ2) is 8.81. The minimum atomic E-state index is -0.385. The fraction of sp³-hybridized carbons (Fsp3) is 0.235. The van der Waals surface area contributed by atoms with Crippen molar-refractivity contribution in [3.05, 3.63) is 54.6 Å². The normalized spacial score (nSPS) is 11.9. The summed E-state index contributed by atoms with van der Waals surface area (Å²) in [4.78, 5) is 20.2. The van der Waals surface area contributed by atoms with Crippen LogP contribution in [0.3, 0.4) is 0 Å². The number of carbonyl (C=O) groups excluding carboxylic acids is 1. The molecule has 7 nitrogen and oxygen atoms in total.